The van der Waals surface area contributed by atoms with Gasteiger partial charge >= 0.3 is 0 Å². The topological polar surface area (TPSA) is 59.9 Å². The van der Waals surface area contributed by atoms with Gasteiger partial charge in [-0.15, -0.1) is 0 Å². The van der Waals surface area contributed by atoms with Gasteiger partial charge in [0.25, 0.3) is 0 Å². The standard InChI is InChI=1S/C17H15FN4O/c1-12-7-16(22-11-21-12)19-9-13-5-6-17(20-10-13)23-15-4-2-3-14(18)8-15/h2-8,10-11H,9H2,1H3,(H,19,21,22). The molecule has 0 aliphatic heterocycles. The van der Waals surface area contributed by atoms with Crippen molar-refractivity contribution in [2.45, 2.75) is 13.5 Å². The van der Waals surface area contributed by atoms with E-state index in [1.165, 1.54) is 18.5 Å². The van der Waals surface area contributed by atoms with Gasteiger partial charge in [-0.2, -0.15) is 0 Å². The molecule has 0 saturated heterocycles. The van der Waals surface area contributed by atoms with Crippen LogP contribution in [-0.2, 0) is 6.54 Å². The zero-order valence-electron chi connectivity index (χ0n) is 12.5. The van der Waals surface area contributed by atoms with Crippen LogP contribution in [0.1, 0.15) is 11.3 Å². The van der Waals surface area contributed by atoms with E-state index >= 15 is 0 Å². The number of aromatic nitrogens is 3. The molecule has 0 amide bonds. The Bertz CT molecular complexity index is 793. The van der Waals surface area contributed by atoms with Crippen molar-refractivity contribution in [3.63, 3.8) is 0 Å². The molecule has 3 aromatic rings. The van der Waals surface area contributed by atoms with Gasteiger partial charge < -0.3 is 10.1 Å². The van der Waals surface area contributed by atoms with E-state index in [1.807, 2.05) is 19.1 Å². The van der Waals surface area contributed by atoms with Crippen molar-refractivity contribution in [2.24, 2.45) is 0 Å². The molecule has 1 N–H and O–H groups in total. The lowest BCUT2D eigenvalue weighted by Crippen LogP contribution is -2.02. The van der Waals surface area contributed by atoms with Crippen LogP contribution in [0.25, 0.3) is 0 Å². The number of pyridine rings is 1. The van der Waals surface area contributed by atoms with Crippen LogP contribution in [0.15, 0.2) is 55.0 Å². The van der Waals surface area contributed by atoms with E-state index in [9.17, 15) is 4.39 Å². The molecule has 6 heteroatoms. The Labute approximate surface area is 133 Å². The van der Waals surface area contributed by atoms with Gasteiger partial charge in [-0.1, -0.05) is 12.1 Å². The maximum absolute atomic E-state index is 13.1. The molecular weight excluding hydrogens is 295 g/mol. The first-order valence-electron chi connectivity index (χ1n) is 7.10. The van der Waals surface area contributed by atoms with Crippen LogP contribution in [0.3, 0.4) is 0 Å². The quantitative estimate of drug-likeness (QED) is 0.778. The lowest BCUT2D eigenvalue weighted by molar-refractivity contribution is 0.458. The van der Waals surface area contributed by atoms with Gasteiger partial charge in [-0.05, 0) is 24.6 Å². The smallest absolute Gasteiger partial charge is 0.219 e. The summed E-state index contributed by atoms with van der Waals surface area (Å²) in [6.07, 6.45) is 3.22. The predicted octanol–water partition coefficient (Wildman–Crippen LogP) is 3.72. The van der Waals surface area contributed by atoms with Crippen LogP contribution in [0, 0.1) is 12.7 Å². The normalized spacial score (nSPS) is 10.3. The number of hydrogen-bond acceptors (Lipinski definition) is 5. The Morgan fingerprint density at radius 3 is 2.74 bits per heavy atom. The summed E-state index contributed by atoms with van der Waals surface area (Å²) in [6.45, 7) is 2.50. The molecule has 5 nitrogen and oxygen atoms in total. The van der Waals surface area contributed by atoms with Crippen molar-refractivity contribution in [2.75, 3.05) is 5.32 Å². The van der Waals surface area contributed by atoms with Crippen molar-refractivity contribution in [1.29, 1.82) is 0 Å². The number of nitrogens with one attached hydrogen (secondary N) is 1. The molecule has 0 aliphatic rings. The average Bonchev–Trinajstić information content (AvgIpc) is 2.54. The fourth-order valence-electron chi connectivity index (χ4n) is 1.97. The summed E-state index contributed by atoms with van der Waals surface area (Å²) >= 11 is 0. The number of aryl methyl sites for hydroxylation is 1. The Balaban J connectivity index is 1.61. The third kappa shape index (κ3) is 4.23. The van der Waals surface area contributed by atoms with Crippen molar-refractivity contribution in [3.8, 4) is 11.6 Å². The highest BCUT2D eigenvalue weighted by atomic mass is 19.1. The van der Waals surface area contributed by atoms with Crippen LogP contribution < -0.4 is 10.1 Å². The summed E-state index contributed by atoms with van der Waals surface area (Å²) in [5.74, 6) is 1.25. The Kier molecular flexibility index (Phi) is 4.42. The fourth-order valence-corrected chi connectivity index (χ4v) is 1.97. The first kappa shape index (κ1) is 14.9. The number of halogens is 1. The molecule has 0 saturated carbocycles. The zero-order valence-corrected chi connectivity index (χ0v) is 12.5. The lowest BCUT2D eigenvalue weighted by Gasteiger charge is -2.07. The second-order valence-corrected chi connectivity index (χ2v) is 4.96. The van der Waals surface area contributed by atoms with Gasteiger partial charge in [0.1, 0.15) is 23.7 Å². The van der Waals surface area contributed by atoms with Gasteiger partial charge in [0, 0.05) is 36.6 Å². The van der Waals surface area contributed by atoms with Crippen LogP contribution in [0.5, 0.6) is 11.6 Å². The molecule has 0 radical (unpaired) electrons. The average molecular weight is 310 g/mol. The largest absolute Gasteiger partial charge is 0.439 e. The number of benzene rings is 1. The Hall–Kier alpha value is -3.02. The van der Waals surface area contributed by atoms with Crippen LogP contribution in [-0.4, -0.2) is 15.0 Å². The summed E-state index contributed by atoms with van der Waals surface area (Å²) in [7, 11) is 0. The molecule has 1 aromatic carbocycles. The summed E-state index contributed by atoms with van der Waals surface area (Å²) in [4.78, 5) is 12.4. The monoisotopic (exact) mass is 310 g/mol. The van der Waals surface area contributed by atoms with Crippen molar-refractivity contribution < 1.29 is 9.13 Å². The van der Waals surface area contributed by atoms with Crippen molar-refractivity contribution in [3.05, 3.63) is 72.1 Å². The van der Waals surface area contributed by atoms with Crippen LogP contribution in [0.4, 0.5) is 10.2 Å². The second-order valence-electron chi connectivity index (χ2n) is 4.96. The SMILES string of the molecule is Cc1cc(NCc2ccc(Oc3cccc(F)c3)nc2)ncn1. The van der Waals surface area contributed by atoms with E-state index in [0.29, 0.717) is 18.2 Å². The molecule has 2 heterocycles. The number of rotatable bonds is 5. The predicted molar refractivity (Wildman–Crippen MR) is 84.8 cm³/mol. The highest BCUT2D eigenvalue weighted by molar-refractivity contribution is 5.36. The summed E-state index contributed by atoms with van der Waals surface area (Å²) in [5, 5.41) is 3.20. The number of anilines is 1. The maximum atomic E-state index is 13.1. The van der Waals surface area contributed by atoms with E-state index in [-0.39, 0.29) is 5.82 Å². The number of hydrogen-bond donors (Lipinski definition) is 1. The second kappa shape index (κ2) is 6.83. The van der Waals surface area contributed by atoms with Crippen molar-refractivity contribution in [1.82, 2.24) is 15.0 Å². The number of nitrogens with zero attached hydrogens (tertiary/aromatic N) is 3. The molecule has 0 bridgehead atoms. The van der Waals surface area contributed by atoms with Crippen LogP contribution >= 0.6 is 0 Å². The summed E-state index contributed by atoms with van der Waals surface area (Å²) < 4.78 is 18.6. The van der Waals surface area contributed by atoms with Gasteiger partial charge in [0.2, 0.25) is 5.88 Å². The van der Waals surface area contributed by atoms with E-state index in [1.54, 1.807) is 24.4 Å². The molecule has 0 spiro atoms. The Morgan fingerprint density at radius 1 is 1.09 bits per heavy atom. The maximum Gasteiger partial charge on any atom is 0.219 e. The van der Waals surface area contributed by atoms with Gasteiger partial charge in [-0.3, -0.25) is 0 Å². The lowest BCUT2D eigenvalue weighted by atomic mass is 10.3. The van der Waals surface area contributed by atoms with E-state index in [2.05, 4.69) is 20.3 Å². The zero-order chi connectivity index (χ0) is 16.1. The Morgan fingerprint density at radius 2 is 2.00 bits per heavy atom. The fraction of sp³-hybridized carbons (Fsp3) is 0.118. The molecule has 3 rings (SSSR count). The highest BCUT2D eigenvalue weighted by Crippen LogP contribution is 2.20. The number of ether oxygens (including phenoxy) is 1. The van der Waals surface area contributed by atoms with Crippen LogP contribution in [0.2, 0.25) is 0 Å². The van der Waals surface area contributed by atoms with E-state index in [4.69, 9.17) is 4.74 Å². The first-order chi connectivity index (χ1) is 11.2. The molecular formula is C17H15FN4O. The molecule has 0 fully saturated rings. The van der Waals surface area contributed by atoms with Gasteiger partial charge in [0.15, 0.2) is 0 Å². The summed E-state index contributed by atoms with van der Waals surface area (Å²) in [5.41, 5.74) is 1.88. The third-order valence-corrected chi connectivity index (χ3v) is 3.09. The molecule has 2 aromatic heterocycles. The summed E-state index contributed by atoms with van der Waals surface area (Å²) in [6, 6.07) is 11.5. The minimum absolute atomic E-state index is 0.344. The molecule has 0 unspecified atom stereocenters. The van der Waals surface area contributed by atoms with Gasteiger partial charge in [0.05, 0.1) is 0 Å². The third-order valence-electron chi connectivity index (χ3n) is 3.09. The minimum atomic E-state index is -0.344. The molecule has 0 aliphatic carbocycles. The highest BCUT2D eigenvalue weighted by Gasteiger charge is 2.01. The van der Waals surface area contributed by atoms with E-state index < -0.39 is 0 Å². The first-order valence-corrected chi connectivity index (χ1v) is 7.10. The van der Waals surface area contributed by atoms with Crippen molar-refractivity contribution >= 4 is 5.82 Å². The molecule has 116 valence electrons. The molecule has 0 atom stereocenters. The van der Waals surface area contributed by atoms with Gasteiger partial charge in [-0.25, -0.2) is 19.3 Å². The van der Waals surface area contributed by atoms with E-state index in [0.717, 1.165) is 17.1 Å². The molecule has 23 heavy (non-hydrogen) atoms. The minimum Gasteiger partial charge on any atom is -0.439 e.